The van der Waals surface area contributed by atoms with E-state index < -0.39 is 0 Å². The number of rotatable bonds is 4. The average molecular weight is 276 g/mol. The lowest BCUT2D eigenvalue weighted by Crippen LogP contribution is -2.15. The van der Waals surface area contributed by atoms with Crippen molar-refractivity contribution in [1.82, 2.24) is 4.57 Å². The van der Waals surface area contributed by atoms with Crippen LogP contribution in [0.4, 0.5) is 0 Å². The predicted octanol–water partition coefficient (Wildman–Crippen LogP) is 2.88. The number of aromatic nitrogens is 1. The number of benzene rings is 1. The highest BCUT2D eigenvalue weighted by Gasteiger charge is 2.02. The molecule has 0 saturated heterocycles. The number of nitrogens with zero attached hydrogens (tertiary/aromatic N) is 2. The second-order valence-electron chi connectivity index (χ2n) is 3.78. The van der Waals surface area contributed by atoms with Gasteiger partial charge in [0.25, 0.3) is 0 Å². The number of hydrogen-bond donors (Lipinski definition) is 0. The van der Waals surface area contributed by atoms with Gasteiger partial charge >= 0.3 is 4.87 Å². The number of hydrogen-bond acceptors (Lipinski definition) is 4. The highest BCUT2D eigenvalue weighted by Crippen LogP contribution is 2.19. The largest absolute Gasteiger partial charge is 0.307 e. The van der Waals surface area contributed by atoms with E-state index >= 15 is 0 Å². The Kier molecular flexibility index (Phi) is 4.24. The van der Waals surface area contributed by atoms with Crippen molar-refractivity contribution in [1.29, 1.82) is 5.26 Å². The van der Waals surface area contributed by atoms with Gasteiger partial charge < -0.3 is 4.57 Å². The maximum atomic E-state index is 11.5. The molecule has 0 fully saturated rings. The summed E-state index contributed by atoms with van der Waals surface area (Å²) in [4.78, 5) is 12.7. The van der Waals surface area contributed by atoms with Crippen LogP contribution >= 0.6 is 23.1 Å². The molecule has 1 aromatic heterocycles. The van der Waals surface area contributed by atoms with E-state index in [1.807, 2.05) is 30.5 Å². The Bertz CT molecular complexity index is 637. The van der Waals surface area contributed by atoms with Crippen molar-refractivity contribution in [3.8, 4) is 6.07 Å². The Balaban J connectivity index is 1.97. The van der Waals surface area contributed by atoms with Crippen LogP contribution in [0.5, 0.6) is 0 Å². The van der Waals surface area contributed by atoms with E-state index in [1.165, 1.54) is 11.3 Å². The molecule has 1 aromatic carbocycles. The molecular formula is C13H12N2OS2. The predicted molar refractivity (Wildman–Crippen MR) is 75.2 cm³/mol. The third kappa shape index (κ3) is 3.03. The zero-order valence-corrected chi connectivity index (χ0v) is 11.6. The number of aryl methyl sites for hydroxylation is 1. The molecule has 2 rings (SSSR count). The summed E-state index contributed by atoms with van der Waals surface area (Å²) < 4.78 is 1.78. The van der Waals surface area contributed by atoms with E-state index in [9.17, 15) is 4.79 Å². The van der Waals surface area contributed by atoms with Crippen LogP contribution in [-0.4, -0.2) is 10.3 Å². The molecule has 0 atom stereocenters. The van der Waals surface area contributed by atoms with Crippen LogP contribution in [0, 0.1) is 18.3 Å². The van der Waals surface area contributed by atoms with Gasteiger partial charge in [0.05, 0.1) is 11.6 Å². The molecule has 0 aliphatic heterocycles. The van der Waals surface area contributed by atoms with E-state index in [1.54, 1.807) is 22.4 Å². The van der Waals surface area contributed by atoms with Gasteiger partial charge in [-0.25, -0.2) is 0 Å². The van der Waals surface area contributed by atoms with Crippen LogP contribution < -0.4 is 4.87 Å². The van der Waals surface area contributed by atoms with Crippen LogP contribution in [0.15, 0.2) is 39.3 Å². The highest BCUT2D eigenvalue weighted by atomic mass is 32.2. The van der Waals surface area contributed by atoms with Crippen LogP contribution in [0.25, 0.3) is 0 Å². The van der Waals surface area contributed by atoms with E-state index in [0.717, 1.165) is 16.3 Å². The summed E-state index contributed by atoms with van der Waals surface area (Å²) in [6.45, 7) is 2.65. The van der Waals surface area contributed by atoms with Gasteiger partial charge in [-0.1, -0.05) is 17.4 Å². The molecule has 0 amide bonds. The molecule has 1 heterocycles. The topological polar surface area (TPSA) is 45.8 Å². The van der Waals surface area contributed by atoms with Gasteiger partial charge in [-0.2, -0.15) is 5.26 Å². The number of thiazole rings is 1. The first-order chi connectivity index (χ1) is 8.70. The fourth-order valence-electron chi connectivity index (χ4n) is 1.58. The van der Waals surface area contributed by atoms with E-state index in [2.05, 4.69) is 6.07 Å². The Labute approximate surface area is 114 Å². The van der Waals surface area contributed by atoms with Crippen LogP contribution in [0.3, 0.4) is 0 Å². The zero-order valence-electron chi connectivity index (χ0n) is 9.92. The molecule has 3 nitrogen and oxygen atoms in total. The van der Waals surface area contributed by atoms with Crippen molar-refractivity contribution in [3.05, 3.63) is 50.6 Å². The number of nitriles is 1. The van der Waals surface area contributed by atoms with Gasteiger partial charge in [0.2, 0.25) is 0 Å². The molecule has 2 aromatic rings. The average Bonchev–Trinajstić information content (AvgIpc) is 2.70. The molecule has 18 heavy (non-hydrogen) atoms. The van der Waals surface area contributed by atoms with Crippen molar-refractivity contribution in [3.63, 3.8) is 0 Å². The molecular weight excluding hydrogens is 264 g/mol. The Morgan fingerprint density at radius 1 is 1.50 bits per heavy atom. The fraction of sp³-hybridized carbons (Fsp3) is 0.231. The maximum absolute atomic E-state index is 11.5. The third-order valence-electron chi connectivity index (χ3n) is 2.52. The van der Waals surface area contributed by atoms with Crippen molar-refractivity contribution in [2.45, 2.75) is 18.4 Å². The molecule has 92 valence electrons. The summed E-state index contributed by atoms with van der Waals surface area (Å²) in [5, 5.41) is 10.7. The van der Waals surface area contributed by atoms with Crippen LogP contribution in [-0.2, 0) is 6.54 Å². The monoisotopic (exact) mass is 276 g/mol. The highest BCUT2D eigenvalue weighted by molar-refractivity contribution is 7.99. The molecule has 0 N–H and O–H groups in total. The lowest BCUT2D eigenvalue weighted by Gasteiger charge is -2.04. The summed E-state index contributed by atoms with van der Waals surface area (Å²) in [6.07, 6.45) is 0. The zero-order chi connectivity index (χ0) is 13.0. The minimum Gasteiger partial charge on any atom is -0.303 e. The number of thioether (sulfide) groups is 1. The first-order valence-electron chi connectivity index (χ1n) is 5.48. The summed E-state index contributed by atoms with van der Waals surface area (Å²) in [7, 11) is 0. The van der Waals surface area contributed by atoms with Gasteiger partial charge in [-0.15, -0.1) is 11.8 Å². The summed E-state index contributed by atoms with van der Waals surface area (Å²) in [5.41, 5.74) is 1.68. The summed E-state index contributed by atoms with van der Waals surface area (Å²) in [5.74, 6) is 0.826. The minimum absolute atomic E-state index is 0.0962. The minimum atomic E-state index is 0.0962. The maximum Gasteiger partial charge on any atom is 0.307 e. The standard InChI is InChI=1S/C13H12N2OS2/c1-10-9-18-13(16)15(10)5-6-17-12-4-2-3-11(7-12)8-14/h2-4,7,9H,5-6H2,1H3. The first-order valence-corrected chi connectivity index (χ1v) is 7.35. The van der Waals surface area contributed by atoms with Gasteiger partial charge in [0.1, 0.15) is 0 Å². The van der Waals surface area contributed by atoms with E-state index in [-0.39, 0.29) is 4.87 Å². The van der Waals surface area contributed by atoms with Crippen LogP contribution in [0.1, 0.15) is 11.3 Å². The smallest absolute Gasteiger partial charge is 0.303 e. The Hall–Kier alpha value is -1.51. The molecule has 0 unspecified atom stereocenters. The van der Waals surface area contributed by atoms with E-state index in [4.69, 9.17) is 5.26 Å². The molecule has 0 saturated carbocycles. The van der Waals surface area contributed by atoms with Crippen LogP contribution in [0.2, 0.25) is 0 Å². The SMILES string of the molecule is Cc1csc(=O)n1CCSc1cccc(C#N)c1. The quantitative estimate of drug-likeness (QED) is 0.807. The Morgan fingerprint density at radius 3 is 3.00 bits per heavy atom. The summed E-state index contributed by atoms with van der Waals surface area (Å²) >= 11 is 2.90. The Morgan fingerprint density at radius 2 is 2.33 bits per heavy atom. The van der Waals surface area contributed by atoms with Crippen molar-refractivity contribution < 1.29 is 0 Å². The third-order valence-corrected chi connectivity index (χ3v) is 4.38. The lowest BCUT2D eigenvalue weighted by molar-refractivity contribution is 0.731. The van der Waals surface area contributed by atoms with Crippen molar-refractivity contribution >= 4 is 23.1 Å². The molecule has 0 bridgehead atoms. The normalized spacial score (nSPS) is 10.2. The molecule has 0 spiro atoms. The molecule has 0 radical (unpaired) electrons. The van der Waals surface area contributed by atoms with Gasteiger partial charge in [-0.3, -0.25) is 4.79 Å². The van der Waals surface area contributed by atoms with Crippen molar-refractivity contribution in [2.24, 2.45) is 0 Å². The van der Waals surface area contributed by atoms with Crippen molar-refractivity contribution in [2.75, 3.05) is 5.75 Å². The molecule has 0 aliphatic carbocycles. The van der Waals surface area contributed by atoms with Gasteiger partial charge in [0, 0.05) is 28.3 Å². The second-order valence-corrected chi connectivity index (χ2v) is 5.77. The second kappa shape index (κ2) is 5.89. The molecule has 0 aliphatic rings. The van der Waals surface area contributed by atoms with Gasteiger partial charge in [0.15, 0.2) is 0 Å². The first kappa shape index (κ1) is 12.9. The lowest BCUT2D eigenvalue weighted by atomic mass is 10.2. The van der Waals surface area contributed by atoms with E-state index in [0.29, 0.717) is 12.1 Å². The molecule has 5 heteroatoms. The van der Waals surface area contributed by atoms with Gasteiger partial charge in [-0.05, 0) is 25.1 Å². The summed E-state index contributed by atoms with van der Waals surface area (Å²) in [6, 6.07) is 9.64. The fourth-order valence-corrected chi connectivity index (χ4v) is 3.24.